The van der Waals surface area contributed by atoms with Gasteiger partial charge >= 0.3 is 0 Å². The highest BCUT2D eigenvalue weighted by Crippen LogP contribution is 2.26. The fourth-order valence-electron chi connectivity index (χ4n) is 0.962. The summed E-state index contributed by atoms with van der Waals surface area (Å²) >= 11 is 10.1. The number of halogens is 3. The smallest absolute Gasteiger partial charge is 0.210 e. The van der Waals surface area contributed by atoms with Crippen molar-refractivity contribution in [2.45, 2.75) is 0 Å². The molecule has 0 saturated carbocycles. The molecule has 0 atom stereocenters. The lowest BCUT2D eigenvalue weighted by Crippen LogP contribution is -1.92. The van der Waals surface area contributed by atoms with E-state index in [1.807, 2.05) is 0 Å². The van der Waals surface area contributed by atoms with Gasteiger partial charge in [-0.15, -0.1) is 10.2 Å². The molecule has 2 rings (SSSR count). The van der Waals surface area contributed by atoms with Crippen LogP contribution in [0.2, 0.25) is 5.02 Å². The molecular formula is C8H4BrClFN3S. The lowest BCUT2D eigenvalue weighted by molar-refractivity contribution is 0.632. The lowest BCUT2D eigenvalue weighted by atomic mass is 10.3. The first-order valence-corrected chi connectivity index (χ1v) is 5.85. The van der Waals surface area contributed by atoms with Crippen LogP contribution in [0, 0.1) is 5.82 Å². The summed E-state index contributed by atoms with van der Waals surface area (Å²) in [5.74, 6) is -0.422. The van der Waals surface area contributed by atoms with Gasteiger partial charge in [0.1, 0.15) is 5.82 Å². The van der Waals surface area contributed by atoms with Gasteiger partial charge in [-0.2, -0.15) is 0 Å². The van der Waals surface area contributed by atoms with E-state index in [9.17, 15) is 4.39 Å². The van der Waals surface area contributed by atoms with Crippen LogP contribution in [-0.4, -0.2) is 10.2 Å². The van der Waals surface area contributed by atoms with Gasteiger partial charge in [0.15, 0.2) is 3.92 Å². The molecule has 15 heavy (non-hydrogen) atoms. The normalized spacial score (nSPS) is 10.3. The van der Waals surface area contributed by atoms with Crippen LogP contribution in [0.3, 0.4) is 0 Å². The van der Waals surface area contributed by atoms with E-state index in [1.165, 1.54) is 17.4 Å². The van der Waals surface area contributed by atoms with Crippen LogP contribution in [-0.2, 0) is 0 Å². The number of nitrogens with zero attached hydrogens (tertiary/aromatic N) is 2. The van der Waals surface area contributed by atoms with E-state index in [2.05, 4.69) is 31.4 Å². The second-order valence-corrected chi connectivity index (χ2v) is 5.30. The van der Waals surface area contributed by atoms with Crippen molar-refractivity contribution in [2.75, 3.05) is 5.32 Å². The monoisotopic (exact) mass is 307 g/mol. The Hall–Kier alpha value is -0.720. The summed E-state index contributed by atoms with van der Waals surface area (Å²) in [6.45, 7) is 0. The minimum absolute atomic E-state index is 0.322. The fourth-order valence-corrected chi connectivity index (χ4v) is 2.14. The molecule has 7 heteroatoms. The summed E-state index contributed by atoms with van der Waals surface area (Å²) in [7, 11) is 0. The predicted molar refractivity (Wildman–Crippen MR) is 62.3 cm³/mol. The number of nitrogens with one attached hydrogen (secondary N) is 1. The fraction of sp³-hybridized carbons (Fsp3) is 0. The molecule has 0 radical (unpaired) electrons. The van der Waals surface area contributed by atoms with E-state index < -0.39 is 5.82 Å². The van der Waals surface area contributed by atoms with Crippen LogP contribution in [0.1, 0.15) is 0 Å². The third-order valence-electron chi connectivity index (χ3n) is 1.57. The molecule has 0 aliphatic rings. The van der Waals surface area contributed by atoms with Crippen LogP contribution < -0.4 is 5.32 Å². The quantitative estimate of drug-likeness (QED) is 0.916. The maximum atomic E-state index is 13.3. The molecule has 78 valence electrons. The molecule has 0 saturated heterocycles. The second-order valence-electron chi connectivity index (χ2n) is 2.61. The van der Waals surface area contributed by atoms with Crippen molar-refractivity contribution in [1.29, 1.82) is 0 Å². The Morgan fingerprint density at radius 2 is 2.20 bits per heavy atom. The molecule has 0 unspecified atom stereocenters. The highest BCUT2D eigenvalue weighted by atomic mass is 79.9. The summed E-state index contributed by atoms with van der Waals surface area (Å²) in [6, 6.07) is 4.38. The van der Waals surface area contributed by atoms with E-state index in [1.54, 1.807) is 12.1 Å². The molecular weight excluding hydrogens is 305 g/mol. The van der Waals surface area contributed by atoms with E-state index in [4.69, 9.17) is 11.6 Å². The summed E-state index contributed by atoms with van der Waals surface area (Å²) in [5.41, 5.74) is 0.322. The first-order valence-electron chi connectivity index (χ1n) is 3.86. The summed E-state index contributed by atoms with van der Waals surface area (Å²) in [5, 5.41) is 11.2. The maximum Gasteiger partial charge on any atom is 0.210 e. The van der Waals surface area contributed by atoms with Crippen molar-refractivity contribution in [3.63, 3.8) is 0 Å². The number of hydrogen-bond donors (Lipinski definition) is 1. The van der Waals surface area contributed by atoms with Crippen molar-refractivity contribution in [1.82, 2.24) is 10.2 Å². The highest BCUT2D eigenvalue weighted by Gasteiger charge is 2.06. The van der Waals surface area contributed by atoms with Gasteiger partial charge in [0, 0.05) is 5.02 Å². The average molecular weight is 309 g/mol. The molecule has 0 bridgehead atoms. The van der Waals surface area contributed by atoms with E-state index in [0.717, 1.165) is 0 Å². The number of aromatic nitrogens is 2. The van der Waals surface area contributed by atoms with Gasteiger partial charge in [-0.3, -0.25) is 0 Å². The zero-order chi connectivity index (χ0) is 10.8. The third-order valence-corrected chi connectivity index (χ3v) is 3.08. The van der Waals surface area contributed by atoms with Crippen molar-refractivity contribution in [3.8, 4) is 0 Å². The van der Waals surface area contributed by atoms with E-state index in [0.29, 0.717) is 19.8 Å². The number of benzene rings is 1. The zero-order valence-electron chi connectivity index (χ0n) is 7.17. The predicted octanol–water partition coefficient (Wildman–Crippen LogP) is 3.84. The van der Waals surface area contributed by atoms with Crippen molar-refractivity contribution in [2.24, 2.45) is 0 Å². The molecule has 0 amide bonds. The van der Waals surface area contributed by atoms with E-state index in [-0.39, 0.29) is 0 Å². The Morgan fingerprint density at radius 3 is 2.80 bits per heavy atom. The van der Waals surface area contributed by atoms with Crippen molar-refractivity contribution >= 4 is 49.7 Å². The van der Waals surface area contributed by atoms with Gasteiger partial charge in [0.25, 0.3) is 0 Å². The highest BCUT2D eigenvalue weighted by molar-refractivity contribution is 9.11. The molecule has 0 fully saturated rings. The topological polar surface area (TPSA) is 37.8 Å². The van der Waals surface area contributed by atoms with Gasteiger partial charge in [-0.1, -0.05) is 22.9 Å². The summed E-state index contributed by atoms with van der Waals surface area (Å²) in [4.78, 5) is 0. The van der Waals surface area contributed by atoms with Crippen molar-refractivity contribution in [3.05, 3.63) is 33.0 Å². The molecule has 2 aromatic rings. The average Bonchev–Trinajstić information content (AvgIpc) is 2.56. The largest absolute Gasteiger partial charge is 0.328 e. The molecule has 1 aromatic carbocycles. The Morgan fingerprint density at radius 1 is 1.40 bits per heavy atom. The van der Waals surface area contributed by atoms with Crippen LogP contribution in [0.4, 0.5) is 15.2 Å². The number of rotatable bonds is 2. The maximum absolute atomic E-state index is 13.3. The van der Waals surface area contributed by atoms with Gasteiger partial charge in [-0.25, -0.2) is 4.39 Å². The molecule has 3 nitrogen and oxygen atoms in total. The first kappa shape index (κ1) is 10.8. The summed E-state index contributed by atoms with van der Waals surface area (Å²) < 4.78 is 14.0. The van der Waals surface area contributed by atoms with Crippen LogP contribution in [0.5, 0.6) is 0 Å². The summed E-state index contributed by atoms with van der Waals surface area (Å²) in [6.07, 6.45) is 0. The number of anilines is 2. The molecule has 1 heterocycles. The molecule has 0 aliphatic carbocycles. The lowest BCUT2D eigenvalue weighted by Gasteiger charge is -2.02. The zero-order valence-corrected chi connectivity index (χ0v) is 10.3. The molecule has 0 spiro atoms. The van der Waals surface area contributed by atoms with E-state index >= 15 is 0 Å². The molecule has 0 aliphatic heterocycles. The SMILES string of the molecule is Fc1cc(Cl)ccc1Nc1nnc(Br)s1. The van der Waals surface area contributed by atoms with Gasteiger partial charge in [-0.05, 0) is 34.1 Å². The van der Waals surface area contributed by atoms with Crippen LogP contribution >= 0.6 is 38.9 Å². The van der Waals surface area contributed by atoms with Crippen LogP contribution in [0.25, 0.3) is 0 Å². The van der Waals surface area contributed by atoms with Crippen LogP contribution in [0.15, 0.2) is 22.1 Å². The standard InChI is InChI=1S/C8H4BrClFN3S/c9-7-13-14-8(15-7)12-6-2-1-4(10)3-5(6)11/h1-3H,(H,12,14). The van der Waals surface area contributed by atoms with Gasteiger partial charge in [0.05, 0.1) is 5.69 Å². The minimum atomic E-state index is -0.422. The Kier molecular flexibility index (Phi) is 3.18. The first-order chi connectivity index (χ1) is 7.15. The Bertz CT molecular complexity index is 490. The minimum Gasteiger partial charge on any atom is -0.328 e. The molecule has 1 aromatic heterocycles. The second kappa shape index (κ2) is 4.42. The number of hydrogen-bond acceptors (Lipinski definition) is 4. The Balaban J connectivity index is 2.24. The van der Waals surface area contributed by atoms with Gasteiger partial charge in [0.2, 0.25) is 5.13 Å². The third kappa shape index (κ3) is 2.64. The molecule has 1 N–H and O–H groups in total. The Labute approximate surface area is 102 Å². The van der Waals surface area contributed by atoms with Crippen molar-refractivity contribution < 1.29 is 4.39 Å². The van der Waals surface area contributed by atoms with Gasteiger partial charge < -0.3 is 5.32 Å².